The second-order valence-corrected chi connectivity index (χ2v) is 6.91. The zero-order valence-corrected chi connectivity index (χ0v) is 18.1. The normalized spacial score (nSPS) is 10.7. The third-order valence-electron chi connectivity index (χ3n) is 4.74. The van der Waals surface area contributed by atoms with E-state index in [2.05, 4.69) is 15.3 Å². The van der Waals surface area contributed by atoms with Crippen LogP contribution in [-0.2, 0) is 13.0 Å². The zero-order valence-electron chi connectivity index (χ0n) is 18.1. The van der Waals surface area contributed by atoms with Crippen molar-refractivity contribution in [2.24, 2.45) is 0 Å². The van der Waals surface area contributed by atoms with Crippen molar-refractivity contribution in [1.82, 2.24) is 9.97 Å². The number of nitrogens with zero attached hydrogens (tertiary/aromatic N) is 2. The molecule has 0 aliphatic carbocycles. The van der Waals surface area contributed by atoms with Crippen LogP contribution in [0.25, 0.3) is 0 Å². The fraction of sp³-hybridized carbons (Fsp3) is 0.304. The van der Waals surface area contributed by atoms with E-state index in [1.807, 2.05) is 19.1 Å². The molecule has 170 valence electrons. The Morgan fingerprint density at radius 1 is 1.03 bits per heavy atom. The van der Waals surface area contributed by atoms with Crippen LogP contribution in [0.2, 0.25) is 0 Å². The van der Waals surface area contributed by atoms with Crippen molar-refractivity contribution in [3.8, 4) is 17.2 Å². The molecule has 0 atom stereocenters. The number of hydrogen-bond donors (Lipinski definition) is 2. The summed E-state index contributed by atoms with van der Waals surface area (Å²) in [5, 5.41) is 12.0. The predicted molar refractivity (Wildman–Crippen MR) is 116 cm³/mol. The minimum absolute atomic E-state index is 0.0296. The van der Waals surface area contributed by atoms with Crippen molar-refractivity contribution >= 4 is 11.6 Å². The van der Waals surface area contributed by atoms with Gasteiger partial charge in [-0.2, -0.15) is 0 Å². The fourth-order valence-electron chi connectivity index (χ4n) is 2.99. The largest absolute Gasteiger partial charge is 0.494 e. The van der Waals surface area contributed by atoms with E-state index >= 15 is 0 Å². The van der Waals surface area contributed by atoms with Crippen LogP contribution in [0.15, 0.2) is 36.7 Å². The molecule has 32 heavy (non-hydrogen) atoms. The molecular weight excluding hydrogens is 420 g/mol. The molecule has 9 heteroatoms. The Balaban J connectivity index is 1.69. The van der Waals surface area contributed by atoms with Gasteiger partial charge in [-0.1, -0.05) is 13.0 Å². The number of aryl methyl sites for hydroxylation is 2. The molecule has 0 unspecified atom stereocenters. The van der Waals surface area contributed by atoms with Gasteiger partial charge in [-0.3, -0.25) is 0 Å². The maximum atomic E-state index is 14.6. The van der Waals surface area contributed by atoms with Crippen LogP contribution in [0.3, 0.4) is 0 Å². The van der Waals surface area contributed by atoms with Gasteiger partial charge in [0.15, 0.2) is 17.3 Å². The maximum Gasteiger partial charge on any atom is 0.227 e. The lowest BCUT2D eigenvalue weighted by atomic mass is 10.1. The zero-order chi connectivity index (χ0) is 23.1. The number of anilines is 2. The highest BCUT2D eigenvalue weighted by molar-refractivity contribution is 5.57. The Morgan fingerprint density at radius 2 is 1.78 bits per heavy atom. The van der Waals surface area contributed by atoms with Crippen molar-refractivity contribution < 1.29 is 28.1 Å². The minimum Gasteiger partial charge on any atom is -0.494 e. The van der Waals surface area contributed by atoms with Gasteiger partial charge >= 0.3 is 0 Å². The van der Waals surface area contributed by atoms with Gasteiger partial charge in [-0.15, -0.1) is 0 Å². The number of aliphatic hydroxyl groups excluding tert-OH is 1. The summed E-state index contributed by atoms with van der Waals surface area (Å²) in [5.74, 6) is -0.271. The van der Waals surface area contributed by atoms with Crippen LogP contribution in [0.4, 0.5) is 20.4 Å². The van der Waals surface area contributed by atoms with E-state index in [0.717, 1.165) is 5.56 Å². The first kappa shape index (κ1) is 23.2. The third-order valence-corrected chi connectivity index (χ3v) is 4.74. The lowest BCUT2D eigenvalue weighted by Gasteiger charge is -2.13. The van der Waals surface area contributed by atoms with Gasteiger partial charge < -0.3 is 24.6 Å². The first-order valence-electron chi connectivity index (χ1n) is 10.1. The van der Waals surface area contributed by atoms with Gasteiger partial charge in [0, 0.05) is 11.8 Å². The number of ether oxygens (including phenoxy) is 3. The summed E-state index contributed by atoms with van der Waals surface area (Å²) in [6, 6.07) is 6.84. The summed E-state index contributed by atoms with van der Waals surface area (Å²) < 4.78 is 45.0. The van der Waals surface area contributed by atoms with Crippen LogP contribution in [-0.4, -0.2) is 35.4 Å². The minimum atomic E-state index is -0.792. The topological polar surface area (TPSA) is 85.7 Å². The van der Waals surface area contributed by atoms with E-state index < -0.39 is 11.6 Å². The van der Waals surface area contributed by atoms with Gasteiger partial charge in [0.1, 0.15) is 24.8 Å². The van der Waals surface area contributed by atoms with Crippen LogP contribution < -0.4 is 19.5 Å². The molecule has 0 aliphatic rings. The van der Waals surface area contributed by atoms with E-state index in [4.69, 9.17) is 19.3 Å². The number of rotatable bonds is 10. The van der Waals surface area contributed by atoms with Crippen molar-refractivity contribution in [3.05, 3.63) is 65.0 Å². The van der Waals surface area contributed by atoms with E-state index in [1.54, 1.807) is 13.0 Å². The number of aromatic nitrogens is 2. The van der Waals surface area contributed by atoms with Gasteiger partial charge in [-0.05, 0) is 36.6 Å². The summed E-state index contributed by atoms with van der Waals surface area (Å²) >= 11 is 0. The summed E-state index contributed by atoms with van der Waals surface area (Å²) in [5.41, 5.74) is 1.76. The number of methoxy groups -OCH3 is 1. The standard InChI is InChI=1S/C23H25F2N3O4/c1-4-15-9-20(30-3)22(25)18(21(15)24)13-32-17-11-26-23(27-12-17)28-16-6-5-14(2)19(10-16)31-8-7-29/h5-6,9-12,29H,4,7-8,13H2,1-3H3,(H,26,27,28). The Kier molecular flexibility index (Phi) is 7.77. The second kappa shape index (κ2) is 10.7. The predicted octanol–water partition coefficient (Wildman–Crippen LogP) is 4.33. The van der Waals surface area contributed by atoms with Crippen LogP contribution >= 0.6 is 0 Å². The summed E-state index contributed by atoms with van der Waals surface area (Å²) in [6.45, 7) is 3.46. The smallest absolute Gasteiger partial charge is 0.227 e. The van der Waals surface area contributed by atoms with Crippen LogP contribution in [0.1, 0.15) is 23.6 Å². The molecular formula is C23H25F2N3O4. The summed E-state index contributed by atoms with van der Waals surface area (Å²) in [4.78, 5) is 8.35. The molecule has 2 aromatic carbocycles. The Labute approximate surface area is 185 Å². The molecule has 3 rings (SSSR count). The van der Waals surface area contributed by atoms with Gasteiger partial charge in [-0.25, -0.2) is 18.7 Å². The molecule has 0 amide bonds. The van der Waals surface area contributed by atoms with Crippen molar-refractivity contribution in [3.63, 3.8) is 0 Å². The highest BCUT2D eigenvalue weighted by Crippen LogP contribution is 2.28. The lowest BCUT2D eigenvalue weighted by Crippen LogP contribution is -2.07. The first-order valence-corrected chi connectivity index (χ1v) is 10.1. The number of nitrogens with one attached hydrogen (secondary N) is 1. The van der Waals surface area contributed by atoms with Gasteiger partial charge in [0.25, 0.3) is 0 Å². The molecule has 0 bridgehead atoms. The van der Waals surface area contributed by atoms with Gasteiger partial charge in [0.2, 0.25) is 5.95 Å². The number of hydrogen-bond acceptors (Lipinski definition) is 7. The highest BCUT2D eigenvalue weighted by atomic mass is 19.1. The van der Waals surface area contributed by atoms with Crippen molar-refractivity contribution in [2.45, 2.75) is 26.9 Å². The third kappa shape index (κ3) is 5.42. The van der Waals surface area contributed by atoms with Crippen LogP contribution in [0, 0.1) is 18.6 Å². The molecule has 7 nitrogen and oxygen atoms in total. The molecule has 0 radical (unpaired) electrons. The summed E-state index contributed by atoms with van der Waals surface area (Å²) in [6.07, 6.45) is 3.21. The molecule has 0 fully saturated rings. The highest BCUT2D eigenvalue weighted by Gasteiger charge is 2.19. The van der Waals surface area contributed by atoms with Crippen molar-refractivity contribution in [2.75, 3.05) is 25.6 Å². The average Bonchev–Trinajstić information content (AvgIpc) is 2.80. The molecule has 1 heterocycles. The van der Waals surface area contributed by atoms with E-state index in [0.29, 0.717) is 29.4 Å². The number of benzene rings is 2. The van der Waals surface area contributed by atoms with E-state index in [9.17, 15) is 8.78 Å². The lowest BCUT2D eigenvalue weighted by molar-refractivity contribution is 0.200. The van der Waals surface area contributed by atoms with E-state index in [-0.39, 0.29) is 36.9 Å². The van der Waals surface area contributed by atoms with Crippen LogP contribution in [0.5, 0.6) is 17.2 Å². The first-order chi connectivity index (χ1) is 15.5. The van der Waals surface area contributed by atoms with Crippen molar-refractivity contribution in [1.29, 1.82) is 0 Å². The SMILES string of the molecule is CCc1cc(OC)c(F)c(COc2cnc(Nc3ccc(C)c(OCCO)c3)nc2)c1F. The van der Waals surface area contributed by atoms with Gasteiger partial charge in [0.05, 0.1) is 31.7 Å². The monoisotopic (exact) mass is 445 g/mol. The summed E-state index contributed by atoms with van der Waals surface area (Å²) in [7, 11) is 1.33. The number of aliphatic hydroxyl groups is 1. The Morgan fingerprint density at radius 3 is 2.44 bits per heavy atom. The molecule has 0 saturated heterocycles. The number of halogens is 2. The molecule has 0 aliphatic heterocycles. The Hall–Kier alpha value is -3.46. The molecule has 2 N–H and O–H groups in total. The Bertz CT molecular complexity index is 1030. The maximum absolute atomic E-state index is 14.6. The van der Waals surface area contributed by atoms with E-state index in [1.165, 1.54) is 25.6 Å². The molecule has 1 aromatic heterocycles. The second-order valence-electron chi connectivity index (χ2n) is 6.91. The molecule has 3 aromatic rings. The molecule has 0 saturated carbocycles. The average molecular weight is 445 g/mol. The fourth-order valence-corrected chi connectivity index (χ4v) is 2.99. The quantitative estimate of drug-likeness (QED) is 0.480. The molecule has 0 spiro atoms.